The monoisotopic (exact) mass is 273 g/mol. The van der Waals surface area contributed by atoms with Gasteiger partial charge in [-0.3, -0.25) is 4.79 Å². The molecule has 0 aliphatic rings. The lowest BCUT2D eigenvalue weighted by Crippen LogP contribution is -2.22. The van der Waals surface area contributed by atoms with E-state index in [1.54, 1.807) is 24.3 Å². The Morgan fingerprint density at radius 3 is 2.42 bits per heavy atom. The van der Waals surface area contributed by atoms with E-state index in [1.165, 1.54) is 0 Å². The first-order valence-electron chi connectivity index (χ1n) is 6.07. The molecule has 0 aliphatic heterocycles. The molecule has 19 heavy (non-hydrogen) atoms. The fourth-order valence-corrected chi connectivity index (χ4v) is 2.81. The second kappa shape index (κ2) is 6.29. The van der Waals surface area contributed by atoms with Gasteiger partial charge in [-0.15, -0.1) is 0 Å². The van der Waals surface area contributed by atoms with Crippen molar-refractivity contribution >= 4 is 16.7 Å². The Labute approximate surface area is 115 Å². The van der Waals surface area contributed by atoms with Crippen LogP contribution in [0, 0.1) is 0 Å². The minimum atomic E-state index is -1.26. The number of amides is 1. The van der Waals surface area contributed by atoms with Crippen molar-refractivity contribution in [3.63, 3.8) is 0 Å². The molecule has 4 heteroatoms. The predicted octanol–water partition coefficient (Wildman–Crippen LogP) is 2.60. The molecule has 2 aromatic rings. The first kappa shape index (κ1) is 13.5. The zero-order valence-electron chi connectivity index (χ0n) is 10.6. The maximum absolute atomic E-state index is 12.4. The molecule has 3 nitrogen and oxygen atoms in total. The van der Waals surface area contributed by atoms with Crippen LogP contribution in [0.15, 0.2) is 64.4 Å². The van der Waals surface area contributed by atoms with Gasteiger partial charge in [-0.25, -0.2) is 4.21 Å². The SMILES string of the molecule is CCNC(=O)c1cccc(S(=O)c2ccccc2)c1. The summed E-state index contributed by atoms with van der Waals surface area (Å²) in [5.74, 6) is -0.144. The highest BCUT2D eigenvalue weighted by Crippen LogP contribution is 2.17. The van der Waals surface area contributed by atoms with Crippen LogP contribution in [0.2, 0.25) is 0 Å². The molecular weight excluding hydrogens is 258 g/mol. The average molecular weight is 273 g/mol. The second-order valence-corrected chi connectivity index (χ2v) is 5.45. The third kappa shape index (κ3) is 3.29. The summed E-state index contributed by atoms with van der Waals surface area (Å²) in [4.78, 5) is 13.1. The lowest BCUT2D eigenvalue weighted by molar-refractivity contribution is 0.0955. The zero-order chi connectivity index (χ0) is 13.7. The molecule has 1 amide bonds. The van der Waals surface area contributed by atoms with E-state index in [2.05, 4.69) is 5.32 Å². The van der Waals surface area contributed by atoms with Gasteiger partial charge in [0.25, 0.3) is 5.91 Å². The summed E-state index contributed by atoms with van der Waals surface area (Å²) in [5, 5.41) is 2.73. The van der Waals surface area contributed by atoms with Gasteiger partial charge < -0.3 is 5.32 Å². The zero-order valence-corrected chi connectivity index (χ0v) is 11.4. The molecule has 1 atom stereocenters. The highest BCUT2D eigenvalue weighted by molar-refractivity contribution is 7.85. The van der Waals surface area contributed by atoms with Crippen LogP contribution in [0.3, 0.4) is 0 Å². The van der Waals surface area contributed by atoms with Gasteiger partial charge >= 0.3 is 0 Å². The Bertz CT molecular complexity index is 596. The van der Waals surface area contributed by atoms with Crippen LogP contribution in [-0.2, 0) is 10.8 Å². The molecule has 1 unspecified atom stereocenters. The molecule has 2 rings (SSSR count). The number of carbonyl (C=O) groups is 1. The summed E-state index contributed by atoms with van der Waals surface area (Å²) in [6.45, 7) is 2.44. The van der Waals surface area contributed by atoms with E-state index >= 15 is 0 Å². The van der Waals surface area contributed by atoms with Crippen molar-refractivity contribution in [1.82, 2.24) is 5.32 Å². The molecule has 0 saturated carbocycles. The number of hydrogen-bond acceptors (Lipinski definition) is 2. The average Bonchev–Trinajstić information content (AvgIpc) is 2.48. The van der Waals surface area contributed by atoms with Crippen LogP contribution in [0.25, 0.3) is 0 Å². The van der Waals surface area contributed by atoms with Crippen LogP contribution in [0.1, 0.15) is 17.3 Å². The van der Waals surface area contributed by atoms with Gasteiger partial charge in [-0.2, -0.15) is 0 Å². The van der Waals surface area contributed by atoms with Crippen LogP contribution in [-0.4, -0.2) is 16.7 Å². The van der Waals surface area contributed by atoms with Crippen LogP contribution in [0.4, 0.5) is 0 Å². The Kier molecular flexibility index (Phi) is 4.47. The summed E-state index contributed by atoms with van der Waals surface area (Å²) in [6.07, 6.45) is 0. The molecule has 0 radical (unpaired) electrons. The fraction of sp³-hybridized carbons (Fsp3) is 0.133. The van der Waals surface area contributed by atoms with Gasteiger partial charge in [0.05, 0.1) is 10.8 Å². The highest BCUT2D eigenvalue weighted by atomic mass is 32.2. The molecule has 2 aromatic carbocycles. The van der Waals surface area contributed by atoms with E-state index in [-0.39, 0.29) is 5.91 Å². The van der Waals surface area contributed by atoms with E-state index in [0.29, 0.717) is 17.0 Å². The van der Waals surface area contributed by atoms with Crippen LogP contribution >= 0.6 is 0 Å². The fourth-order valence-electron chi connectivity index (χ4n) is 1.70. The molecule has 0 spiro atoms. The minimum absolute atomic E-state index is 0.144. The van der Waals surface area contributed by atoms with E-state index in [0.717, 1.165) is 4.90 Å². The van der Waals surface area contributed by atoms with Crippen molar-refractivity contribution in [1.29, 1.82) is 0 Å². The van der Waals surface area contributed by atoms with Crippen LogP contribution < -0.4 is 5.32 Å². The molecular formula is C15H15NO2S. The summed E-state index contributed by atoms with van der Waals surface area (Å²) in [6, 6.07) is 16.1. The van der Waals surface area contributed by atoms with Crippen molar-refractivity contribution in [3.05, 3.63) is 60.2 Å². The Morgan fingerprint density at radius 1 is 1.05 bits per heavy atom. The summed E-state index contributed by atoms with van der Waals surface area (Å²) in [5.41, 5.74) is 0.531. The molecule has 0 aliphatic carbocycles. The van der Waals surface area contributed by atoms with E-state index in [4.69, 9.17) is 0 Å². The quantitative estimate of drug-likeness (QED) is 0.930. The number of benzene rings is 2. The third-order valence-electron chi connectivity index (χ3n) is 2.60. The normalized spacial score (nSPS) is 11.8. The predicted molar refractivity (Wildman–Crippen MR) is 75.6 cm³/mol. The number of carbonyl (C=O) groups excluding carboxylic acids is 1. The summed E-state index contributed by atoms with van der Waals surface area (Å²) < 4.78 is 12.4. The highest BCUT2D eigenvalue weighted by Gasteiger charge is 2.10. The Morgan fingerprint density at radius 2 is 1.74 bits per heavy atom. The van der Waals surface area contributed by atoms with E-state index < -0.39 is 10.8 Å². The topological polar surface area (TPSA) is 46.2 Å². The van der Waals surface area contributed by atoms with Gasteiger partial charge in [0.15, 0.2) is 0 Å². The van der Waals surface area contributed by atoms with Crippen molar-refractivity contribution in [2.45, 2.75) is 16.7 Å². The standard InChI is InChI=1S/C15H15NO2S/c1-2-16-15(17)12-7-6-10-14(11-12)19(18)13-8-4-3-5-9-13/h3-11H,2H2,1H3,(H,16,17). The maximum atomic E-state index is 12.4. The smallest absolute Gasteiger partial charge is 0.251 e. The molecule has 0 saturated heterocycles. The van der Waals surface area contributed by atoms with Gasteiger partial charge in [-0.05, 0) is 37.3 Å². The summed E-state index contributed by atoms with van der Waals surface area (Å²) >= 11 is 0. The molecule has 0 heterocycles. The van der Waals surface area contributed by atoms with E-state index in [9.17, 15) is 9.00 Å². The van der Waals surface area contributed by atoms with Gasteiger partial charge in [0.2, 0.25) is 0 Å². The summed E-state index contributed by atoms with van der Waals surface area (Å²) in [7, 11) is -1.26. The third-order valence-corrected chi connectivity index (χ3v) is 3.99. The van der Waals surface area contributed by atoms with Crippen molar-refractivity contribution < 1.29 is 9.00 Å². The largest absolute Gasteiger partial charge is 0.352 e. The molecule has 1 N–H and O–H groups in total. The maximum Gasteiger partial charge on any atom is 0.251 e. The second-order valence-electron chi connectivity index (χ2n) is 3.97. The van der Waals surface area contributed by atoms with Gasteiger partial charge in [-0.1, -0.05) is 24.3 Å². The first-order chi connectivity index (χ1) is 9.22. The first-order valence-corrected chi connectivity index (χ1v) is 7.22. The van der Waals surface area contributed by atoms with Crippen molar-refractivity contribution in [2.75, 3.05) is 6.54 Å². The van der Waals surface area contributed by atoms with Crippen molar-refractivity contribution in [2.24, 2.45) is 0 Å². The van der Waals surface area contributed by atoms with Gasteiger partial charge in [0.1, 0.15) is 0 Å². The number of nitrogens with one attached hydrogen (secondary N) is 1. The van der Waals surface area contributed by atoms with E-state index in [1.807, 2.05) is 37.3 Å². The Hall–Kier alpha value is -1.94. The van der Waals surface area contributed by atoms with Gasteiger partial charge in [0, 0.05) is 21.9 Å². The Balaban J connectivity index is 2.29. The minimum Gasteiger partial charge on any atom is -0.352 e. The van der Waals surface area contributed by atoms with Crippen molar-refractivity contribution in [3.8, 4) is 0 Å². The van der Waals surface area contributed by atoms with Crippen LogP contribution in [0.5, 0.6) is 0 Å². The molecule has 0 bridgehead atoms. The number of hydrogen-bond donors (Lipinski definition) is 1. The number of rotatable bonds is 4. The molecule has 0 fully saturated rings. The molecule has 0 aromatic heterocycles. The lowest BCUT2D eigenvalue weighted by atomic mass is 10.2. The molecule has 98 valence electrons. The lowest BCUT2D eigenvalue weighted by Gasteiger charge is -2.05.